The molecule has 3 aromatic rings. The highest BCUT2D eigenvalue weighted by Crippen LogP contribution is 2.30. The summed E-state index contributed by atoms with van der Waals surface area (Å²) in [5.74, 6) is 1.32. The zero-order valence-electron chi connectivity index (χ0n) is 20.6. The van der Waals surface area contributed by atoms with Crippen LogP contribution in [0.5, 0.6) is 11.5 Å². The lowest BCUT2D eigenvalue weighted by molar-refractivity contribution is 0.0910. The van der Waals surface area contributed by atoms with Gasteiger partial charge in [-0.1, -0.05) is 31.9 Å². The van der Waals surface area contributed by atoms with Crippen molar-refractivity contribution >= 4 is 16.8 Å². The smallest absolute Gasteiger partial charge is 0.329 e. The van der Waals surface area contributed by atoms with Gasteiger partial charge in [-0.25, -0.2) is 4.79 Å². The van der Waals surface area contributed by atoms with E-state index in [1.807, 2.05) is 13.8 Å². The van der Waals surface area contributed by atoms with Gasteiger partial charge < -0.3 is 19.8 Å². The first-order valence-corrected chi connectivity index (χ1v) is 12.4. The van der Waals surface area contributed by atoms with Crippen molar-refractivity contribution in [3.05, 3.63) is 68.4 Å². The summed E-state index contributed by atoms with van der Waals surface area (Å²) >= 11 is 0. The minimum Gasteiger partial charge on any atom is -0.490 e. The molecule has 1 fully saturated rings. The molecule has 1 heterocycles. The maximum atomic E-state index is 13.2. The Morgan fingerprint density at radius 2 is 1.69 bits per heavy atom. The lowest BCUT2D eigenvalue weighted by Gasteiger charge is -2.29. The average molecular weight is 480 g/mol. The van der Waals surface area contributed by atoms with Crippen molar-refractivity contribution in [1.82, 2.24) is 14.9 Å². The third kappa shape index (κ3) is 5.42. The molecule has 1 aliphatic rings. The Hall–Kier alpha value is -3.55. The van der Waals surface area contributed by atoms with E-state index in [1.165, 1.54) is 6.42 Å². The summed E-state index contributed by atoms with van der Waals surface area (Å²) in [6.45, 7) is 6.82. The van der Waals surface area contributed by atoms with Crippen molar-refractivity contribution in [3.63, 3.8) is 0 Å². The van der Waals surface area contributed by atoms with Gasteiger partial charge in [-0.2, -0.15) is 0 Å². The molecular weight excluding hydrogens is 446 g/mol. The van der Waals surface area contributed by atoms with Crippen molar-refractivity contribution in [2.75, 3.05) is 13.2 Å². The van der Waals surface area contributed by atoms with Crippen LogP contribution in [0.3, 0.4) is 0 Å². The number of carbonyl (C=O) groups is 1. The highest BCUT2D eigenvalue weighted by molar-refractivity contribution is 5.94. The normalized spacial score (nSPS) is 17.8. The fraction of sp³-hybridized carbons (Fsp3) is 0.444. The fourth-order valence-corrected chi connectivity index (χ4v) is 4.67. The van der Waals surface area contributed by atoms with Gasteiger partial charge in [0, 0.05) is 17.7 Å². The van der Waals surface area contributed by atoms with Crippen LogP contribution in [0.4, 0.5) is 0 Å². The Kier molecular flexibility index (Phi) is 7.58. The molecule has 1 saturated carbocycles. The SMILES string of the molecule is CCOc1cc2[nH]c(=O)n(Cc3ccc(C(=O)N[C@@H]4CCCC[C@H]4C)cc3)c(=O)c2cc1OCC. The zero-order chi connectivity index (χ0) is 24.9. The van der Waals surface area contributed by atoms with Crippen LogP contribution in [-0.4, -0.2) is 34.7 Å². The number of nitrogens with zero attached hydrogens (tertiary/aromatic N) is 1. The molecule has 1 aromatic heterocycles. The Balaban J connectivity index is 1.57. The van der Waals surface area contributed by atoms with Gasteiger partial charge in [-0.3, -0.25) is 14.2 Å². The molecule has 186 valence electrons. The molecule has 0 unspecified atom stereocenters. The number of nitrogens with one attached hydrogen (secondary N) is 2. The summed E-state index contributed by atoms with van der Waals surface area (Å²) in [6.07, 6.45) is 4.51. The van der Waals surface area contributed by atoms with Gasteiger partial charge in [0.25, 0.3) is 11.5 Å². The average Bonchev–Trinajstić information content (AvgIpc) is 2.85. The van der Waals surface area contributed by atoms with Crippen molar-refractivity contribution < 1.29 is 14.3 Å². The number of H-pyrrole nitrogens is 1. The molecule has 2 N–H and O–H groups in total. The third-order valence-electron chi connectivity index (χ3n) is 6.63. The summed E-state index contributed by atoms with van der Waals surface area (Å²) in [7, 11) is 0. The molecule has 2 aromatic carbocycles. The highest BCUT2D eigenvalue weighted by Gasteiger charge is 2.23. The molecular formula is C27H33N3O5. The van der Waals surface area contributed by atoms with E-state index in [0.29, 0.717) is 47.1 Å². The van der Waals surface area contributed by atoms with E-state index in [2.05, 4.69) is 17.2 Å². The number of carbonyl (C=O) groups excluding carboxylic acids is 1. The summed E-state index contributed by atoms with van der Waals surface area (Å²) in [6, 6.07) is 10.5. The molecule has 35 heavy (non-hydrogen) atoms. The van der Waals surface area contributed by atoms with E-state index >= 15 is 0 Å². The Morgan fingerprint density at radius 3 is 2.34 bits per heavy atom. The standard InChI is InChI=1S/C27H33N3O5/c1-4-34-23-14-20-22(15-24(23)35-5-2)29-27(33)30(26(20)32)16-18-10-12-19(13-11-18)25(31)28-21-9-7-6-8-17(21)3/h10-15,17,21H,4-9,16H2,1-3H3,(H,28,31)(H,29,33)/t17-,21-/m1/s1. The topological polar surface area (TPSA) is 102 Å². The first kappa shape index (κ1) is 24.6. The molecule has 0 bridgehead atoms. The van der Waals surface area contributed by atoms with E-state index in [9.17, 15) is 14.4 Å². The molecule has 0 aliphatic heterocycles. The summed E-state index contributed by atoms with van der Waals surface area (Å²) in [5.41, 5.74) is 0.779. The molecule has 0 radical (unpaired) electrons. The van der Waals surface area contributed by atoms with Crippen LogP contribution in [0, 0.1) is 5.92 Å². The second kappa shape index (κ2) is 10.8. The number of amides is 1. The fourth-order valence-electron chi connectivity index (χ4n) is 4.67. The monoisotopic (exact) mass is 479 g/mol. The number of aromatic amines is 1. The Morgan fingerprint density at radius 1 is 1.03 bits per heavy atom. The summed E-state index contributed by atoms with van der Waals surface area (Å²) in [5, 5.41) is 3.49. The molecule has 8 heteroatoms. The van der Waals surface area contributed by atoms with Crippen molar-refractivity contribution in [1.29, 1.82) is 0 Å². The summed E-state index contributed by atoms with van der Waals surface area (Å²) < 4.78 is 12.4. The van der Waals surface area contributed by atoms with Crippen LogP contribution in [0.25, 0.3) is 10.9 Å². The van der Waals surface area contributed by atoms with Crippen LogP contribution in [0.15, 0.2) is 46.0 Å². The predicted octanol–water partition coefficient (Wildman–Crippen LogP) is 3.84. The lowest BCUT2D eigenvalue weighted by atomic mass is 9.86. The molecule has 1 aliphatic carbocycles. The quantitative estimate of drug-likeness (QED) is 0.511. The largest absolute Gasteiger partial charge is 0.490 e. The van der Waals surface area contributed by atoms with Crippen LogP contribution < -0.4 is 26.0 Å². The number of hydrogen-bond acceptors (Lipinski definition) is 5. The molecule has 8 nitrogen and oxygen atoms in total. The predicted molar refractivity (Wildman–Crippen MR) is 136 cm³/mol. The van der Waals surface area contributed by atoms with E-state index < -0.39 is 11.2 Å². The Labute approximate surface area is 204 Å². The van der Waals surface area contributed by atoms with E-state index in [4.69, 9.17) is 9.47 Å². The number of ether oxygens (including phenoxy) is 2. The maximum Gasteiger partial charge on any atom is 0.329 e. The van der Waals surface area contributed by atoms with Gasteiger partial charge in [0.1, 0.15) is 0 Å². The van der Waals surface area contributed by atoms with Gasteiger partial charge in [0.05, 0.1) is 30.7 Å². The molecule has 4 rings (SSSR count). The van der Waals surface area contributed by atoms with Gasteiger partial charge in [0.15, 0.2) is 11.5 Å². The first-order chi connectivity index (χ1) is 16.9. The van der Waals surface area contributed by atoms with Crippen molar-refractivity contribution in [2.24, 2.45) is 5.92 Å². The van der Waals surface area contributed by atoms with E-state index in [1.54, 1.807) is 36.4 Å². The van der Waals surface area contributed by atoms with Crippen molar-refractivity contribution in [3.8, 4) is 11.5 Å². The molecule has 2 atom stereocenters. The number of fused-ring (bicyclic) bond motifs is 1. The third-order valence-corrected chi connectivity index (χ3v) is 6.63. The Bertz CT molecular complexity index is 1310. The number of rotatable bonds is 8. The van der Waals surface area contributed by atoms with Crippen molar-refractivity contribution in [2.45, 2.75) is 59.0 Å². The van der Waals surface area contributed by atoms with Crippen LogP contribution in [0.1, 0.15) is 62.4 Å². The van der Waals surface area contributed by atoms with Crippen LogP contribution in [0.2, 0.25) is 0 Å². The lowest BCUT2D eigenvalue weighted by Crippen LogP contribution is -2.41. The van der Waals surface area contributed by atoms with E-state index in [0.717, 1.165) is 29.4 Å². The minimum absolute atomic E-state index is 0.0862. The van der Waals surface area contributed by atoms with Crippen LogP contribution in [-0.2, 0) is 6.54 Å². The van der Waals surface area contributed by atoms with Gasteiger partial charge in [-0.15, -0.1) is 0 Å². The molecule has 0 saturated heterocycles. The maximum absolute atomic E-state index is 13.2. The van der Waals surface area contributed by atoms with Gasteiger partial charge in [-0.05, 0) is 56.4 Å². The second-order valence-corrected chi connectivity index (χ2v) is 9.07. The zero-order valence-corrected chi connectivity index (χ0v) is 20.6. The molecule has 0 spiro atoms. The number of hydrogen-bond donors (Lipinski definition) is 2. The number of benzene rings is 2. The van der Waals surface area contributed by atoms with Gasteiger partial charge in [0.2, 0.25) is 0 Å². The van der Waals surface area contributed by atoms with Gasteiger partial charge >= 0.3 is 5.69 Å². The van der Waals surface area contributed by atoms with E-state index in [-0.39, 0.29) is 18.5 Å². The highest BCUT2D eigenvalue weighted by atomic mass is 16.5. The van der Waals surface area contributed by atoms with Crippen LogP contribution >= 0.6 is 0 Å². The second-order valence-electron chi connectivity index (χ2n) is 9.07. The molecule has 1 amide bonds. The number of aromatic nitrogens is 2. The minimum atomic E-state index is -0.512. The first-order valence-electron chi connectivity index (χ1n) is 12.4. The summed E-state index contributed by atoms with van der Waals surface area (Å²) in [4.78, 5) is 41.4.